The van der Waals surface area contributed by atoms with E-state index in [1.807, 2.05) is 30.9 Å². The van der Waals surface area contributed by atoms with Crippen LogP contribution in [0.25, 0.3) is 10.8 Å². The van der Waals surface area contributed by atoms with E-state index in [4.69, 9.17) is 4.74 Å². The molecule has 29 heavy (non-hydrogen) atoms. The first-order valence-corrected chi connectivity index (χ1v) is 10.4. The largest absolute Gasteiger partial charge is 0.378 e. The van der Waals surface area contributed by atoms with Gasteiger partial charge in [0, 0.05) is 79.5 Å². The third kappa shape index (κ3) is 3.96. The predicted molar refractivity (Wildman–Crippen MR) is 116 cm³/mol. The molecule has 5 rings (SSSR count). The highest BCUT2D eigenvalue weighted by molar-refractivity contribution is 5.91. The zero-order valence-electron chi connectivity index (χ0n) is 16.5. The Bertz CT molecular complexity index is 969. The maximum absolute atomic E-state index is 5.47. The zero-order chi connectivity index (χ0) is 19.5. The smallest absolute Gasteiger partial charge is 0.136 e. The van der Waals surface area contributed by atoms with Crippen molar-refractivity contribution < 1.29 is 4.74 Å². The monoisotopic (exact) mass is 390 g/mol. The van der Waals surface area contributed by atoms with Crippen LogP contribution in [0.3, 0.4) is 0 Å². The minimum absolute atomic E-state index is 0.343. The molecule has 0 saturated carbocycles. The van der Waals surface area contributed by atoms with Crippen LogP contribution in [0.1, 0.15) is 12.8 Å². The van der Waals surface area contributed by atoms with Crippen LogP contribution in [0.4, 0.5) is 17.3 Å². The summed E-state index contributed by atoms with van der Waals surface area (Å²) in [6, 6.07) is 8.66. The molecule has 7 heteroatoms. The van der Waals surface area contributed by atoms with Gasteiger partial charge in [-0.25, -0.2) is 9.97 Å². The van der Waals surface area contributed by atoms with Crippen molar-refractivity contribution in [3.05, 3.63) is 49.1 Å². The Hall–Kier alpha value is -2.93. The van der Waals surface area contributed by atoms with Crippen molar-refractivity contribution in [3.8, 4) is 0 Å². The number of fused-ring (bicyclic) bond motifs is 1. The minimum atomic E-state index is 0.343. The van der Waals surface area contributed by atoms with Gasteiger partial charge in [-0.1, -0.05) is 0 Å². The molecular weight excluding hydrogens is 364 g/mol. The molecule has 0 aliphatic carbocycles. The number of anilines is 3. The number of ether oxygens (including phenoxy) is 1. The van der Waals surface area contributed by atoms with Crippen LogP contribution in [0.15, 0.2) is 49.1 Å². The molecule has 0 radical (unpaired) electrons. The number of piperidine rings is 1. The van der Waals surface area contributed by atoms with Crippen molar-refractivity contribution in [3.63, 3.8) is 0 Å². The Morgan fingerprint density at radius 2 is 1.86 bits per heavy atom. The van der Waals surface area contributed by atoms with Crippen molar-refractivity contribution in [2.45, 2.75) is 18.9 Å². The number of hydrogen-bond acceptors (Lipinski definition) is 7. The van der Waals surface area contributed by atoms with Crippen LogP contribution in [-0.2, 0) is 4.74 Å². The van der Waals surface area contributed by atoms with E-state index >= 15 is 0 Å². The first kappa shape index (κ1) is 18.1. The molecule has 0 spiro atoms. The molecule has 3 aromatic heterocycles. The standard InChI is InChI=1S/C22H26N6O/c1-2-18(26-21-14-19(4-8-24-21)27-10-12-29-13-11-27)16-28(9-1)22-20-5-6-23-15-17(20)3-7-25-22/h3-8,14-15,18H,1-2,9-13,16H2,(H,24,26)/t18-/m1/s1. The lowest BCUT2D eigenvalue weighted by Crippen LogP contribution is -2.42. The Labute approximate surface area is 170 Å². The quantitative estimate of drug-likeness (QED) is 0.735. The maximum Gasteiger partial charge on any atom is 0.136 e. The first-order valence-electron chi connectivity index (χ1n) is 10.4. The number of rotatable bonds is 4. The van der Waals surface area contributed by atoms with Crippen LogP contribution in [0.2, 0.25) is 0 Å². The van der Waals surface area contributed by atoms with Gasteiger partial charge in [-0.2, -0.15) is 0 Å². The van der Waals surface area contributed by atoms with E-state index in [0.717, 1.165) is 74.6 Å². The highest BCUT2D eigenvalue weighted by Crippen LogP contribution is 2.27. The molecule has 0 aromatic carbocycles. The van der Waals surface area contributed by atoms with Crippen LogP contribution >= 0.6 is 0 Å². The number of aromatic nitrogens is 3. The van der Waals surface area contributed by atoms with Crippen LogP contribution < -0.4 is 15.1 Å². The normalized spacial score (nSPS) is 20.1. The lowest BCUT2D eigenvalue weighted by atomic mass is 10.0. The van der Waals surface area contributed by atoms with Gasteiger partial charge in [0.1, 0.15) is 11.6 Å². The SMILES string of the molecule is c1cc2c(N3CCC[C@@H](Nc4cc(N5CCOCC5)ccn4)C3)nccc2cn1. The number of nitrogens with zero attached hydrogens (tertiary/aromatic N) is 5. The van der Waals surface area contributed by atoms with E-state index in [0.29, 0.717) is 6.04 Å². The predicted octanol–water partition coefficient (Wildman–Crippen LogP) is 2.94. The summed E-state index contributed by atoms with van der Waals surface area (Å²) >= 11 is 0. The van der Waals surface area contributed by atoms with Crippen LogP contribution in [0, 0.1) is 0 Å². The second kappa shape index (κ2) is 8.21. The molecule has 2 aliphatic heterocycles. The number of morpholine rings is 1. The second-order valence-electron chi connectivity index (χ2n) is 7.66. The van der Waals surface area contributed by atoms with Gasteiger partial charge in [-0.05, 0) is 31.0 Å². The Kier molecular flexibility index (Phi) is 5.13. The van der Waals surface area contributed by atoms with E-state index < -0.39 is 0 Å². The van der Waals surface area contributed by atoms with Crippen LogP contribution in [-0.4, -0.2) is 60.4 Å². The molecular formula is C22H26N6O. The fourth-order valence-electron chi connectivity index (χ4n) is 4.27. The van der Waals surface area contributed by atoms with Gasteiger partial charge < -0.3 is 19.9 Å². The average molecular weight is 390 g/mol. The summed E-state index contributed by atoms with van der Waals surface area (Å²) in [5.74, 6) is 1.99. The third-order valence-electron chi connectivity index (χ3n) is 5.74. The molecule has 0 amide bonds. The second-order valence-corrected chi connectivity index (χ2v) is 7.66. The molecule has 5 heterocycles. The van der Waals surface area contributed by atoms with E-state index in [2.05, 4.69) is 48.3 Å². The molecule has 0 unspecified atom stereocenters. The van der Waals surface area contributed by atoms with Crippen LogP contribution in [0.5, 0.6) is 0 Å². The summed E-state index contributed by atoms with van der Waals surface area (Å²) in [4.78, 5) is 18.2. The molecule has 1 N–H and O–H groups in total. The molecule has 2 saturated heterocycles. The highest BCUT2D eigenvalue weighted by Gasteiger charge is 2.23. The van der Waals surface area contributed by atoms with Crippen molar-refractivity contribution in [1.29, 1.82) is 0 Å². The van der Waals surface area contributed by atoms with Gasteiger partial charge in [-0.15, -0.1) is 0 Å². The van der Waals surface area contributed by atoms with Gasteiger partial charge in [-0.3, -0.25) is 4.98 Å². The van der Waals surface area contributed by atoms with E-state index in [1.54, 1.807) is 0 Å². The van der Waals surface area contributed by atoms with Gasteiger partial charge in [0.15, 0.2) is 0 Å². The van der Waals surface area contributed by atoms with E-state index in [9.17, 15) is 0 Å². The summed E-state index contributed by atoms with van der Waals surface area (Å²) in [6.07, 6.45) is 9.78. The molecule has 2 aliphatic rings. The summed E-state index contributed by atoms with van der Waals surface area (Å²) in [6.45, 7) is 5.38. The van der Waals surface area contributed by atoms with Crippen molar-refractivity contribution >= 4 is 28.1 Å². The Balaban J connectivity index is 1.31. The lowest BCUT2D eigenvalue weighted by molar-refractivity contribution is 0.122. The molecule has 150 valence electrons. The van der Waals surface area contributed by atoms with Crippen molar-refractivity contribution in [1.82, 2.24) is 15.0 Å². The average Bonchev–Trinajstić information content (AvgIpc) is 2.80. The molecule has 3 aromatic rings. The van der Waals surface area contributed by atoms with E-state index in [1.165, 1.54) is 5.69 Å². The third-order valence-corrected chi connectivity index (χ3v) is 5.74. The van der Waals surface area contributed by atoms with Gasteiger partial charge >= 0.3 is 0 Å². The molecule has 0 bridgehead atoms. The fraction of sp³-hybridized carbons (Fsp3) is 0.409. The highest BCUT2D eigenvalue weighted by atomic mass is 16.5. The van der Waals surface area contributed by atoms with Gasteiger partial charge in [0.2, 0.25) is 0 Å². The fourth-order valence-corrected chi connectivity index (χ4v) is 4.27. The molecule has 1 atom stereocenters. The van der Waals surface area contributed by atoms with Crippen molar-refractivity contribution in [2.75, 3.05) is 54.5 Å². The summed E-state index contributed by atoms with van der Waals surface area (Å²) in [5.41, 5.74) is 1.21. The minimum Gasteiger partial charge on any atom is -0.378 e. The topological polar surface area (TPSA) is 66.4 Å². The summed E-state index contributed by atoms with van der Waals surface area (Å²) in [5, 5.41) is 5.95. The first-order chi connectivity index (χ1) is 14.4. The summed E-state index contributed by atoms with van der Waals surface area (Å²) in [7, 11) is 0. The van der Waals surface area contributed by atoms with E-state index in [-0.39, 0.29) is 0 Å². The lowest BCUT2D eigenvalue weighted by Gasteiger charge is -2.35. The molecule has 7 nitrogen and oxygen atoms in total. The maximum atomic E-state index is 5.47. The van der Waals surface area contributed by atoms with Crippen molar-refractivity contribution in [2.24, 2.45) is 0 Å². The Morgan fingerprint density at radius 1 is 0.966 bits per heavy atom. The zero-order valence-corrected chi connectivity index (χ0v) is 16.5. The number of hydrogen-bond donors (Lipinski definition) is 1. The Morgan fingerprint density at radius 3 is 2.79 bits per heavy atom. The molecule has 2 fully saturated rings. The number of pyridine rings is 3. The van der Waals surface area contributed by atoms with Gasteiger partial charge in [0.05, 0.1) is 13.2 Å². The number of nitrogens with one attached hydrogen (secondary N) is 1. The summed E-state index contributed by atoms with van der Waals surface area (Å²) < 4.78 is 5.47. The van der Waals surface area contributed by atoms with Gasteiger partial charge in [0.25, 0.3) is 0 Å².